The van der Waals surface area contributed by atoms with E-state index in [1.165, 1.54) is 0 Å². The maximum absolute atomic E-state index is 11.3. The topological polar surface area (TPSA) is 77.8 Å². The van der Waals surface area contributed by atoms with Crippen LogP contribution in [0.1, 0.15) is 20.3 Å². The van der Waals surface area contributed by atoms with Crippen LogP contribution in [0.4, 0.5) is 0 Å². The summed E-state index contributed by atoms with van der Waals surface area (Å²) in [6.45, 7) is 11.6. The highest BCUT2D eigenvalue weighted by molar-refractivity contribution is 5.79. The molecule has 1 aromatic rings. The summed E-state index contributed by atoms with van der Waals surface area (Å²) >= 11 is 0. The zero-order valence-corrected chi connectivity index (χ0v) is 15.4. The van der Waals surface area contributed by atoms with Crippen molar-refractivity contribution < 1.29 is 4.79 Å². The molecule has 0 atom stereocenters. The van der Waals surface area contributed by atoms with Gasteiger partial charge in [0.25, 0.3) is 0 Å². The largest absolute Gasteiger partial charge is 0.357 e. The molecule has 1 aromatic heterocycles. The number of nitrogens with one attached hydrogen (secondary N) is 2. The molecular weight excluding hydrogens is 318 g/mol. The number of carbonyl (C=O) groups is 1. The van der Waals surface area contributed by atoms with Crippen molar-refractivity contribution >= 4 is 11.9 Å². The molecule has 1 fully saturated rings. The number of guanidine groups is 1. The molecule has 1 amide bonds. The Kier molecular flexibility index (Phi) is 8.24. The zero-order chi connectivity index (χ0) is 17.9. The van der Waals surface area contributed by atoms with Crippen molar-refractivity contribution in [1.29, 1.82) is 0 Å². The third-order valence-electron chi connectivity index (χ3n) is 4.26. The Morgan fingerprint density at radius 3 is 2.64 bits per heavy atom. The van der Waals surface area contributed by atoms with Gasteiger partial charge in [0.2, 0.25) is 5.91 Å². The minimum absolute atomic E-state index is 0.175. The van der Waals surface area contributed by atoms with E-state index in [0.29, 0.717) is 0 Å². The van der Waals surface area contributed by atoms with E-state index in [0.717, 1.165) is 71.3 Å². The zero-order valence-electron chi connectivity index (χ0n) is 15.4. The number of aromatic nitrogens is 2. The molecule has 2 N–H and O–H groups in total. The maximum Gasteiger partial charge on any atom is 0.219 e. The summed E-state index contributed by atoms with van der Waals surface area (Å²) in [4.78, 5) is 20.3. The maximum atomic E-state index is 11.3. The van der Waals surface area contributed by atoms with Gasteiger partial charge < -0.3 is 15.5 Å². The molecule has 0 saturated carbocycles. The fourth-order valence-electron chi connectivity index (χ4n) is 2.82. The van der Waals surface area contributed by atoms with Gasteiger partial charge in [-0.1, -0.05) is 0 Å². The van der Waals surface area contributed by atoms with Crippen LogP contribution in [0, 0.1) is 0 Å². The molecule has 2 heterocycles. The van der Waals surface area contributed by atoms with Gasteiger partial charge in [-0.25, -0.2) is 0 Å². The molecule has 0 aromatic carbocycles. The van der Waals surface area contributed by atoms with Crippen molar-refractivity contribution in [2.24, 2.45) is 4.99 Å². The van der Waals surface area contributed by atoms with Crippen LogP contribution in [-0.4, -0.2) is 83.8 Å². The number of piperazine rings is 1. The third kappa shape index (κ3) is 7.13. The molecule has 0 radical (unpaired) electrons. The van der Waals surface area contributed by atoms with Crippen LogP contribution in [0.5, 0.6) is 0 Å². The Bertz CT molecular complexity index is 521. The van der Waals surface area contributed by atoms with Gasteiger partial charge in [-0.15, -0.1) is 0 Å². The van der Waals surface area contributed by atoms with E-state index < -0.39 is 0 Å². The lowest BCUT2D eigenvalue weighted by Gasteiger charge is -2.34. The molecule has 1 aliphatic heterocycles. The number of nitrogens with zero attached hydrogens (tertiary/aromatic N) is 5. The minimum Gasteiger partial charge on any atom is -0.357 e. The first-order chi connectivity index (χ1) is 12.2. The average molecular weight is 349 g/mol. The Hall–Kier alpha value is -2.09. The molecule has 0 aliphatic carbocycles. The van der Waals surface area contributed by atoms with Crippen molar-refractivity contribution in [3.63, 3.8) is 0 Å². The highest BCUT2D eigenvalue weighted by Gasteiger charge is 2.17. The van der Waals surface area contributed by atoms with Gasteiger partial charge in [-0.05, 0) is 19.4 Å². The van der Waals surface area contributed by atoms with E-state index in [2.05, 4.69) is 32.5 Å². The van der Waals surface area contributed by atoms with Gasteiger partial charge in [0.1, 0.15) is 0 Å². The van der Waals surface area contributed by atoms with E-state index in [-0.39, 0.29) is 5.91 Å². The Labute approximate surface area is 150 Å². The van der Waals surface area contributed by atoms with Crippen LogP contribution in [0.15, 0.2) is 23.5 Å². The molecule has 25 heavy (non-hydrogen) atoms. The summed E-state index contributed by atoms with van der Waals surface area (Å²) in [5.74, 6) is 1.04. The van der Waals surface area contributed by atoms with Gasteiger partial charge in [0.05, 0.1) is 0 Å². The Morgan fingerprint density at radius 2 is 2.00 bits per heavy atom. The predicted molar refractivity (Wildman–Crippen MR) is 99.5 cm³/mol. The van der Waals surface area contributed by atoms with Gasteiger partial charge in [0.15, 0.2) is 5.96 Å². The summed E-state index contributed by atoms with van der Waals surface area (Å²) in [7, 11) is 0. The molecule has 8 heteroatoms. The number of amides is 1. The van der Waals surface area contributed by atoms with Crippen LogP contribution in [0.25, 0.3) is 0 Å². The van der Waals surface area contributed by atoms with Crippen LogP contribution in [0.2, 0.25) is 0 Å². The first-order valence-electron chi connectivity index (χ1n) is 9.16. The molecule has 0 unspecified atom stereocenters. The standard InChI is InChI=1S/C17H31N7O/c1-3-18-17(19-6-4-9-24-10-5-7-21-24)20-8-11-22-12-14-23(15-13-22)16(2)25/h5,7,10H,3-4,6,8-9,11-15H2,1-2H3,(H2,18,19,20). The quantitative estimate of drug-likeness (QED) is 0.392. The van der Waals surface area contributed by atoms with Crippen LogP contribution in [0.3, 0.4) is 0 Å². The molecule has 0 spiro atoms. The second-order valence-corrected chi connectivity index (χ2v) is 6.16. The van der Waals surface area contributed by atoms with Gasteiger partial charge in [-0.3, -0.25) is 19.4 Å². The molecule has 0 bridgehead atoms. The summed E-state index contributed by atoms with van der Waals surface area (Å²) < 4.78 is 1.93. The normalized spacial score (nSPS) is 16.1. The molecule has 1 saturated heterocycles. The average Bonchev–Trinajstić information content (AvgIpc) is 3.12. The second kappa shape index (κ2) is 10.7. The summed E-state index contributed by atoms with van der Waals surface area (Å²) in [6, 6.07) is 1.94. The van der Waals surface area contributed by atoms with Crippen molar-refractivity contribution in [1.82, 2.24) is 30.2 Å². The van der Waals surface area contributed by atoms with E-state index >= 15 is 0 Å². The number of hydrogen-bond acceptors (Lipinski definition) is 4. The summed E-state index contributed by atoms with van der Waals surface area (Å²) in [6.07, 6.45) is 4.73. The van der Waals surface area contributed by atoms with E-state index in [4.69, 9.17) is 0 Å². The lowest BCUT2D eigenvalue weighted by Crippen LogP contribution is -2.50. The van der Waals surface area contributed by atoms with E-state index in [9.17, 15) is 4.79 Å². The number of carbonyl (C=O) groups excluding carboxylic acids is 1. The summed E-state index contributed by atoms with van der Waals surface area (Å²) in [5, 5.41) is 10.9. The smallest absolute Gasteiger partial charge is 0.219 e. The fourth-order valence-corrected chi connectivity index (χ4v) is 2.82. The SMILES string of the molecule is CCNC(=NCCCn1cccn1)NCCN1CCN(C(C)=O)CC1. The minimum atomic E-state index is 0.175. The highest BCUT2D eigenvalue weighted by atomic mass is 16.2. The van der Waals surface area contributed by atoms with Crippen molar-refractivity contribution in [2.45, 2.75) is 26.8 Å². The first-order valence-corrected chi connectivity index (χ1v) is 9.16. The van der Waals surface area contributed by atoms with Gasteiger partial charge >= 0.3 is 0 Å². The molecule has 140 valence electrons. The fraction of sp³-hybridized carbons (Fsp3) is 0.706. The van der Waals surface area contributed by atoms with E-state index in [1.807, 2.05) is 21.8 Å². The van der Waals surface area contributed by atoms with Crippen LogP contribution in [-0.2, 0) is 11.3 Å². The van der Waals surface area contributed by atoms with Crippen molar-refractivity contribution in [3.05, 3.63) is 18.5 Å². The van der Waals surface area contributed by atoms with Crippen molar-refractivity contribution in [3.8, 4) is 0 Å². The number of rotatable bonds is 8. The highest BCUT2D eigenvalue weighted by Crippen LogP contribution is 2.00. The number of hydrogen-bond donors (Lipinski definition) is 2. The lowest BCUT2D eigenvalue weighted by molar-refractivity contribution is -0.130. The molecule has 8 nitrogen and oxygen atoms in total. The van der Waals surface area contributed by atoms with Crippen molar-refractivity contribution in [2.75, 3.05) is 52.4 Å². The summed E-state index contributed by atoms with van der Waals surface area (Å²) in [5.41, 5.74) is 0. The second-order valence-electron chi connectivity index (χ2n) is 6.16. The van der Waals surface area contributed by atoms with Crippen LogP contribution >= 0.6 is 0 Å². The van der Waals surface area contributed by atoms with Crippen LogP contribution < -0.4 is 10.6 Å². The lowest BCUT2D eigenvalue weighted by atomic mass is 10.3. The Balaban J connectivity index is 1.63. The molecule has 2 rings (SSSR count). The Morgan fingerprint density at radius 1 is 1.20 bits per heavy atom. The molecular formula is C17H31N7O. The third-order valence-corrected chi connectivity index (χ3v) is 4.26. The molecule has 1 aliphatic rings. The monoisotopic (exact) mass is 349 g/mol. The number of aliphatic imine (C=N–C) groups is 1. The van der Waals surface area contributed by atoms with Gasteiger partial charge in [0, 0.05) is 78.2 Å². The first kappa shape index (κ1) is 19.2. The van der Waals surface area contributed by atoms with E-state index in [1.54, 1.807) is 13.1 Å². The predicted octanol–water partition coefficient (Wildman–Crippen LogP) is -0.00760. The van der Waals surface area contributed by atoms with Gasteiger partial charge in [-0.2, -0.15) is 5.10 Å². The number of aryl methyl sites for hydroxylation is 1.